The van der Waals surface area contributed by atoms with Crippen molar-refractivity contribution >= 4 is 35.1 Å². The minimum Gasteiger partial charge on any atom is -0.461 e. The fraction of sp³-hybridized carbons (Fsp3) is 0.649. The summed E-state index contributed by atoms with van der Waals surface area (Å²) in [5.41, 5.74) is -0.114. The number of aliphatic hydroxyl groups is 1. The minimum absolute atomic E-state index is 0.0282. The number of benzene rings is 1. The molecule has 1 amide bonds. The van der Waals surface area contributed by atoms with Gasteiger partial charge in [-0.2, -0.15) is 0 Å². The molecule has 6 rings (SSSR count). The van der Waals surface area contributed by atoms with Crippen molar-refractivity contribution in [3.8, 4) is 0 Å². The number of Topliss-reactive ketones (excluding diaryl/α,β-unsaturated/α-hetero) is 1. The molecule has 0 spiro atoms. The van der Waals surface area contributed by atoms with Gasteiger partial charge in [-0.25, -0.2) is 4.68 Å². The summed E-state index contributed by atoms with van der Waals surface area (Å²) in [4.78, 5) is 43.5. The van der Waals surface area contributed by atoms with Crippen LogP contribution < -0.4 is 5.32 Å². The minimum atomic E-state index is -0.707. The van der Waals surface area contributed by atoms with Crippen LogP contribution in [0.15, 0.2) is 48.0 Å². The highest BCUT2D eigenvalue weighted by molar-refractivity contribution is 8.00. The van der Waals surface area contributed by atoms with Gasteiger partial charge in [0.05, 0.1) is 29.4 Å². The molecule has 3 aliphatic carbocycles. The van der Waals surface area contributed by atoms with E-state index < -0.39 is 23.0 Å². The number of anilines is 1. The summed E-state index contributed by atoms with van der Waals surface area (Å²) in [6.07, 6.45) is 8.24. The van der Waals surface area contributed by atoms with Crippen molar-refractivity contribution in [2.75, 3.05) is 24.2 Å². The molecule has 1 aromatic carbocycles. The number of aromatic nitrogens is 3. The zero-order valence-electron chi connectivity index (χ0n) is 28.8. The van der Waals surface area contributed by atoms with Crippen molar-refractivity contribution in [3.63, 3.8) is 0 Å². The average Bonchev–Trinajstić information content (AvgIpc) is 3.83. The van der Waals surface area contributed by atoms with Crippen LogP contribution in [0.5, 0.6) is 0 Å². The topological polar surface area (TPSA) is 127 Å². The molecule has 4 aliphatic rings. The summed E-state index contributed by atoms with van der Waals surface area (Å²) in [6.45, 7) is 15.4. The number of ether oxygens (including phenoxy) is 1. The Morgan fingerprint density at radius 2 is 1.94 bits per heavy atom. The highest BCUT2D eigenvalue weighted by atomic mass is 32.2. The molecule has 2 aromatic rings. The second kappa shape index (κ2) is 13.7. The molecule has 0 radical (unpaired) electrons. The van der Waals surface area contributed by atoms with Crippen LogP contribution in [0.4, 0.5) is 5.69 Å². The summed E-state index contributed by atoms with van der Waals surface area (Å²) >= 11 is 1.31. The molecule has 4 fully saturated rings. The summed E-state index contributed by atoms with van der Waals surface area (Å²) in [5, 5.41) is 23.1. The maximum Gasteiger partial charge on any atom is 0.316 e. The number of likely N-dealkylation sites (tertiary alicyclic amines) is 1. The van der Waals surface area contributed by atoms with E-state index >= 15 is 0 Å². The number of esters is 1. The van der Waals surface area contributed by atoms with Gasteiger partial charge in [0, 0.05) is 34.6 Å². The number of aliphatic hydroxyl groups excluding tert-OH is 1. The third kappa shape index (κ3) is 6.38. The number of ketones is 1. The van der Waals surface area contributed by atoms with E-state index in [1.807, 2.05) is 43.5 Å². The molecule has 2 N–H and O–H groups in total. The van der Waals surface area contributed by atoms with E-state index in [1.165, 1.54) is 24.6 Å². The lowest BCUT2D eigenvalue weighted by Crippen LogP contribution is -2.63. The Morgan fingerprint density at radius 1 is 1.19 bits per heavy atom. The molecule has 3 saturated carbocycles. The Hall–Kier alpha value is -3.02. The Labute approximate surface area is 288 Å². The molecule has 1 aromatic heterocycles. The van der Waals surface area contributed by atoms with Crippen LogP contribution in [-0.4, -0.2) is 73.7 Å². The summed E-state index contributed by atoms with van der Waals surface area (Å²) in [5.74, 6) is -0.540. The number of para-hydroxylation sites is 1. The van der Waals surface area contributed by atoms with E-state index in [2.05, 4.69) is 47.9 Å². The van der Waals surface area contributed by atoms with Crippen molar-refractivity contribution in [2.45, 2.75) is 103 Å². The first-order valence-corrected chi connectivity index (χ1v) is 18.5. The van der Waals surface area contributed by atoms with Gasteiger partial charge in [-0.1, -0.05) is 51.1 Å². The lowest BCUT2D eigenvalue weighted by Gasteiger charge is -2.61. The van der Waals surface area contributed by atoms with Crippen LogP contribution in [0.3, 0.4) is 0 Å². The van der Waals surface area contributed by atoms with Crippen molar-refractivity contribution < 1.29 is 24.2 Å². The number of amides is 1. The Kier molecular flexibility index (Phi) is 9.95. The monoisotopic (exact) mass is 677 g/mol. The first kappa shape index (κ1) is 34.8. The Morgan fingerprint density at radius 3 is 2.69 bits per heavy atom. The van der Waals surface area contributed by atoms with E-state index in [9.17, 15) is 19.5 Å². The zero-order valence-corrected chi connectivity index (χ0v) is 29.6. The van der Waals surface area contributed by atoms with Gasteiger partial charge in [0.2, 0.25) is 5.91 Å². The molecular formula is C37H51N5O5S. The van der Waals surface area contributed by atoms with Crippen molar-refractivity contribution in [1.82, 2.24) is 19.9 Å². The molecular weight excluding hydrogens is 627 g/mol. The van der Waals surface area contributed by atoms with Crippen molar-refractivity contribution in [3.05, 3.63) is 48.8 Å². The average molecular weight is 678 g/mol. The fourth-order valence-electron chi connectivity index (χ4n) is 9.52. The Balaban J connectivity index is 1.14. The third-order valence-corrected chi connectivity index (χ3v) is 13.6. The Bertz CT molecular complexity index is 1540. The van der Waals surface area contributed by atoms with E-state index in [4.69, 9.17) is 4.74 Å². The number of rotatable bonds is 10. The maximum atomic E-state index is 13.7. The molecule has 2 bridgehead atoms. The van der Waals surface area contributed by atoms with Gasteiger partial charge < -0.3 is 15.2 Å². The van der Waals surface area contributed by atoms with E-state index in [0.717, 1.165) is 49.5 Å². The smallest absolute Gasteiger partial charge is 0.316 e. The second-order valence-corrected chi connectivity index (χ2v) is 16.3. The molecule has 1 saturated heterocycles. The normalized spacial score (nSPS) is 35.0. The lowest BCUT2D eigenvalue weighted by molar-refractivity contribution is -0.205. The summed E-state index contributed by atoms with van der Waals surface area (Å²) in [7, 11) is 0. The third-order valence-electron chi connectivity index (χ3n) is 12.6. The van der Waals surface area contributed by atoms with Gasteiger partial charge >= 0.3 is 5.97 Å². The number of hydrogen-bond acceptors (Lipinski definition) is 9. The molecule has 8 atom stereocenters. The van der Waals surface area contributed by atoms with Crippen LogP contribution in [0.1, 0.15) is 78.3 Å². The zero-order chi connectivity index (χ0) is 34.3. The van der Waals surface area contributed by atoms with Crippen molar-refractivity contribution in [2.24, 2.45) is 34.0 Å². The van der Waals surface area contributed by atoms with Gasteiger partial charge in [0.1, 0.15) is 18.4 Å². The van der Waals surface area contributed by atoms with Crippen LogP contribution in [0, 0.1) is 34.0 Å². The first-order valence-electron chi connectivity index (χ1n) is 17.6. The van der Waals surface area contributed by atoms with Gasteiger partial charge in [-0.15, -0.1) is 23.4 Å². The van der Waals surface area contributed by atoms with Gasteiger partial charge in [-0.05, 0) is 81.0 Å². The van der Waals surface area contributed by atoms with E-state index in [-0.39, 0.29) is 53.1 Å². The number of carbonyl (C=O) groups is 3. The van der Waals surface area contributed by atoms with Gasteiger partial charge in [0.25, 0.3) is 0 Å². The molecule has 11 heteroatoms. The van der Waals surface area contributed by atoms with Gasteiger partial charge in [-0.3, -0.25) is 19.3 Å². The first-order chi connectivity index (χ1) is 22.9. The van der Waals surface area contributed by atoms with E-state index in [0.29, 0.717) is 18.5 Å². The molecule has 1 aliphatic heterocycles. The molecule has 2 heterocycles. The van der Waals surface area contributed by atoms with E-state index in [1.54, 1.807) is 4.68 Å². The number of carbonyl (C=O) groups excluding carboxylic acids is 3. The largest absolute Gasteiger partial charge is 0.461 e. The van der Waals surface area contributed by atoms with Crippen LogP contribution in [0.25, 0.3) is 0 Å². The highest BCUT2D eigenvalue weighted by Gasteiger charge is 2.68. The van der Waals surface area contributed by atoms with Crippen molar-refractivity contribution in [1.29, 1.82) is 0 Å². The fourth-order valence-corrected chi connectivity index (χ4v) is 10.3. The number of nitrogens with zero attached hydrogens (tertiary/aromatic N) is 4. The lowest BCUT2D eigenvalue weighted by atomic mass is 9.44. The standard InChI is InChI=1S/C37H51N5O5S/c1-6-35(4)19-30(36(5)24(2)13-15-37(25(3)34(35)46)16-14-28(43)33(36)37)47-32(45)23-48-29-12-8-7-11-27(29)38-31(44)22-42-21-26(39-40-42)20-41-17-9-10-18-41/h6-8,11-12,21,24-25,30,33-34,46H,1,9-10,13-20,22-23H2,2-5H3,(H,38,44)/t24-,25+,30-,33+,34+,35-,36+,37+/m1/s1. The predicted octanol–water partition coefficient (Wildman–Crippen LogP) is 5.51. The van der Waals surface area contributed by atoms with Crippen LogP contribution in [-0.2, 0) is 32.2 Å². The van der Waals surface area contributed by atoms with Crippen LogP contribution in [0.2, 0.25) is 0 Å². The van der Waals surface area contributed by atoms with Gasteiger partial charge in [0.15, 0.2) is 0 Å². The summed E-state index contributed by atoms with van der Waals surface area (Å²) in [6, 6.07) is 7.40. The number of hydrogen-bond donors (Lipinski definition) is 2. The second-order valence-electron chi connectivity index (χ2n) is 15.3. The molecule has 0 unspecified atom stereocenters. The highest BCUT2D eigenvalue weighted by Crippen LogP contribution is 2.68. The SMILES string of the molecule is C=C[C@]1(C)C[C@@H](OC(=O)CSc2ccccc2NC(=O)Cn2cc(CN3CCCC3)nn2)[C@]2(C)[C@H](C)CC[C@]3(CCC(=O)[C@H]32)[C@@H](C)[C@@H]1O. The molecule has 10 nitrogen and oxygen atoms in total. The molecule has 260 valence electrons. The maximum absolute atomic E-state index is 13.7. The quantitative estimate of drug-likeness (QED) is 0.190. The number of thioether (sulfide) groups is 1. The predicted molar refractivity (Wildman–Crippen MR) is 185 cm³/mol. The number of nitrogens with one attached hydrogen (secondary N) is 1. The summed E-state index contributed by atoms with van der Waals surface area (Å²) < 4.78 is 7.96. The van der Waals surface area contributed by atoms with Crippen LogP contribution >= 0.6 is 11.8 Å². The molecule has 48 heavy (non-hydrogen) atoms.